The van der Waals surface area contributed by atoms with Crippen LogP contribution >= 0.6 is 0 Å². The van der Waals surface area contributed by atoms with Gasteiger partial charge in [0.1, 0.15) is 11.6 Å². The number of carbonyl (C=O) groups excluding carboxylic acids is 2. The minimum Gasteiger partial charge on any atom is -0.478 e. The van der Waals surface area contributed by atoms with E-state index < -0.39 is 23.6 Å². The fourth-order valence-corrected chi connectivity index (χ4v) is 3.54. The summed E-state index contributed by atoms with van der Waals surface area (Å²) in [5.41, 5.74) is 2.31. The van der Waals surface area contributed by atoms with E-state index in [-0.39, 0.29) is 23.3 Å². The Hall–Kier alpha value is -4.07. The first kappa shape index (κ1) is 27.5. The zero-order chi connectivity index (χ0) is 27.4. The fraction of sp³-hybridized carbons (Fsp3) is 0.345. The van der Waals surface area contributed by atoms with E-state index in [4.69, 9.17) is 9.84 Å². The second kappa shape index (κ2) is 10.9. The summed E-state index contributed by atoms with van der Waals surface area (Å²) in [4.78, 5) is 45.2. The average Bonchev–Trinajstić information content (AvgIpc) is 2.82. The van der Waals surface area contributed by atoms with Crippen LogP contribution in [0.25, 0.3) is 11.4 Å². The van der Waals surface area contributed by atoms with E-state index in [0.717, 1.165) is 11.1 Å². The van der Waals surface area contributed by atoms with Gasteiger partial charge in [-0.1, -0.05) is 57.2 Å². The van der Waals surface area contributed by atoms with Crippen LogP contribution in [0.4, 0.5) is 0 Å². The van der Waals surface area contributed by atoms with E-state index in [0.29, 0.717) is 17.0 Å². The number of carboxylic acid groups (broad SMARTS) is 1. The minimum absolute atomic E-state index is 0.00404. The molecule has 194 valence electrons. The second-order valence-electron chi connectivity index (χ2n) is 10.9. The van der Waals surface area contributed by atoms with E-state index >= 15 is 0 Å². The predicted molar refractivity (Wildman–Crippen MR) is 140 cm³/mol. The number of aromatic carboxylic acids is 1. The van der Waals surface area contributed by atoms with Gasteiger partial charge in [-0.3, -0.25) is 4.79 Å². The number of rotatable bonds is 7. The first-order valence-electron chi connectivity index (χ1n) is 12.0. The van der Waals surface area contributed by atoms with Gasteiger partial charge in [0.25, 0.3) is 5.91 Å². The largest absolute Gasteiger partial charge is 0.478 e. The third-order valence-corrected chi connectivity index (χ3v) is 5.56. The topological polar surface area (TPSA) is 118 Å². The fourth-order valence-electron chi connectivity index (χ4n) is 3.54. The van der Waals surface area contributed by atoms with Crippen molar-refractivity contribution in [3.05, 3.63) is 83.2 Å². The molecular weight excluding hydrogens is 470 g/mol. The number of esters is 1. The molecule has 0 aliphatic heterocycles. The molecule has 2 aromatic carbocycles. The van der Waals surface area contributed by atoms with E-state index in [1.165, 1.54) is 12.4 Å². The van der Waals surface area contributed by atoms with Crippen LogP contribution in [-0.2, 0) is 21.4 Å². The van der Waals surface area contributed by atoms with Crippen molar-refractivity contribution in [1.82, 2.24) is 15.3 Å². The standard InChI is InChI=1S/C29H33N3O5/c1-28(2,3)22-13-11-20(12-14-22)25(33)32-23(27(36)37-29(4,5)6)15-18-7-9-19(10-8-18)24-30-16-21(17-31-24)26(34)35/h7-14,16-17,23H,15H2,1-6H3,(H,32,33)(H,34,35). The molecule has 37 heavy (non-hydrogen) atoms. The molecule has 1 unspecified atom stereocenters. The van der Waals surface area contributed by atoms with Crippen LogP contribution in [0, 0.1) is 0 Å². The van der Waals surface area contributed by atoms with E-state index in [1.54, 1.807) is 45.0 Å². The Morgan fingerprint density at radius 3 is 1.92 bits per heavy atom. The number of aromatic nitrogens is 2. The van der Waals surface area contributed by atoms with Crippen LogP contribution < -0.4 is 5.32 Å². The Morgan fingerprint density at radius 1 is 0.865 bits per heavy atom. The lowest BCUT2D eigenvalue weighted by atomic mass is 9.86. The monoisotopic (exact) mass is 503 g/mol. The number of nitrogens with zero attached hydrogens (tertiary/aromatic N) is 2. The molecule has 0 aliphatic rings. The van der Waals surface area contributed by atoms with Crippen LogP contribution in [0.3, 0.4) is 0 Å². The van der Waals surface area contributed by atoms with Gasteiger partial charge in [0, 0.05) is 29.9 Å². The summed E-state index contributed by atoms with van der Waals surface area (Å²) in [6.45, 7) is 11.6. The van der Waals surface area contributed by atoms with Gasteiger partial charge < -0.3 is 15.2 Å². The minimum atomic E-state index is -1.10. The lowest BCUT2D eigenvalue weighted by molar-refractivity contribution is -0.157. The average molecular weight is 504 g/mol. The van der Waals surface area contributed by atoms with Gasteiger partial charge in [0.2, 0.25) is 0 Å². The molecule has 1 aromatic heterocycles. The molecule has 0 radical (unpaired) electrons. The van der Waals surface area contributed by atoms with Gasteiger partial charge >= 0.3 is 11.9 Å². The highest BCUT2D eigenvalue weighted by atomic mass is 16.6. The van der Waals surface area contributed by atoms with E-state index in [9.17, 15) is 14.4 Å². The zero-order valence-corrected chi connectivity index (χ0v) is 22.0. The molecule has 1 heterocycles. The zero-order valence-electron chi connectivity index (χ0n) is 22.0. The summed E-state index contributed by atoms with van der Waals surface area (Å²) in [6.07, 6.45) is 2.72. The van der Waals surface area contributed by atoms with Gasteiger partial charge in [0.15, 0.2) is 5.82 Å². The molecule has 0 saturated heterocycles. The van der Waals surface area contributed by atoms with Crippen LogP contribution in [0.2, 0.25) is 0 Å². The van der Waals surface area contributed by atoms with Crippen molar-refractivity contribution >= 4 is 17.8 Å². The molecule has 8 heteroatoms. The van der Waals surface area contributed by atoms with Gasteiger partial charge in [-0.2, -0.15) is 0 Å². The summed E-state index contributed by atoms with van der Waals surface area (Å²) in [7, 11) is 0. The third-order valence-electron chi connectivity index (χ3n) is 5.56. The maximum absolute atomic E-state index is 13.0. The molecule has 1 atom stereocenters. The Bertz CT molecular complexity index is 1250. The number of hydrogen-bond donors (Lipinski definition) is 2. The van der Waals surface area contributed by atoms with Gasteiger partial charge in [-0.05, 0) is 49.4 Å². The molecule has 0 saturated carbocycles. The molecule has 8 nitrogen and oxygen atoms in total. The number of ether oxygens (including phenoxy) is 1. The lowest BCUT2D eigenvalue weighted by Crippen LogP contribution is -2.45. The van der Waals surface area contributed by atoms with Gasteiger partial charge in [-0.25, -0.2) is 19.6 Å². The van der Waals surface area contributed by atoms with Crippen LogP contribution in [-0.4, -0.2) is 44.6 Å². The number of hydrogen-bond acceptors (Lipinski definition) is 6. The highest BCUT2D eigenvalue weighted by Crippen LogP contribution is 2.22. The van der Waals surface area contributed by atoms with E-state index in [1.807, 2.05) is 24.3 Å². The molecule has 1 amide bonds. The van der Waals surface area contributed by atoms with Crippen molar-refractivity contribution in [2.75, 3.05) is 0 Å². The highest BCUT2D eigenvalue weighted by Gasteiger charge is 2.27. The Balaban J connectivity index is 1.78. The quantitative estimate of drug-likeness (QED) is 0.444. The smallest absolute Gasteiger partial charge is 0.338 e. The number of nitrogens with one attached hydrogen (secondary N) is 1. The highest BCUT2D eigenvalue weighted by molar-refractivity contribution is 5.97. The molecule has 0 fully saturated rings. The SMILES string of the molecule is CC(C)(C)OC(=O)C(Cc1ccc(-c2ncc(C(=O)O)cn2)cc1)NC(=O)c1ccc(C(C)(C)C)cc1. The third kappa shape index (κ3) is 7.70. The predicted octanol–water partition coefficient (Wildman–Crippen LogP) is 4.82. The lowest BCUT2D eigenvalue weighted by Gasteiger charge is -2.25. The Labute approximate surface area is 217 Å². The molecule has 0 spiro atoms. The molecule has 2 N–H and O–H groups in total. The van der Waals surface area contributed by atoms with Crippen LogP contribution in [0.15, 0.2) is 60.9 Å². The van der Waals surface area contributed by atoms with Crippen molar-refractivity contribution in [2.24, 2.45) is 0 Å². The summed E-state index contributed by atoms with van der Waals surface area (Å²) >= 11 is 0. The van der Waals surface area contributed by atoms with Crippen molar-refractivity contribution in [3.63, 3.8) is 0 Å². The van der Waals surface area contributed by atoms with E-state index in [2.05, 4.69) is 36.1 Å². The maximum Gasteiger partial charge on any atom is 0.338 e. The van der Waals surface area contributed by atoms with Crippen LogP contribution in [0.5, 0.6) is 0 Å². The normalized spacial score (nSPS) is 12.5. The maximum atomic E-state index is 13.0. The van der Waals surface area contributed by atoms with Gasteiger partial charge in [-0.15, -0.1) is 0 Å². The number of amides is 1. The van der Waals surface area contributed by atoms with Crippen molar-refractivity contribution in [1.29, 1.82) is 0 Å². The Kier molecular flexibility index (Phi) is 8.11. The van der Waals surface area contributed by atoms with Crippen molar-refractivity contribution < 1.29 is 24.2 Å². The Morgan fingerprint density at radius 2 is 1.43 bits per heavy atom. The molecule has 3 rings (SSSR count). The second-order valence-corrected chi connectivity index (χ2v) is 10.9. The first-order valence-corrected chi connectivity index (χ1v) is 12.0. The van der Waals surface area contributed by atoms with Crippen LogP contribution in [0.1, 0.15) is 73.4 Å². The van der Waals surface area contributed by atoms with Crippen molar-refractivity contribution in [3.8, 4) is 11.4 Å². The number of benzene rings is 2. The van der Waals surface area contributed by atoms with Crippen molar-refractivity contribution in [2.45, 2.75) is 65.0 Å². The molecular formula is C29H33N3O5. The summed E-state index contributed by atoms with van der Waals surface area (Å²) in [5.74, 6) is -1.60. The first-order chi connectivity index (χ1) is 17.2. The summed E-state index contributed by atoms with van der Waals surface area (Å²) < 4.78 is 5.57. The molecule has 3 aromatic rings. The molecule has 0 bridgehead atoms. The van der Waals surface area contributed by atoms with Gasteiger partial charge in [0.05, 0.1) is 5.56 Å². The molecule has 0 aliphatic carbocycles. The summed E-state index contributed by atoms with van der Waals surface area (Å²) in [5, 5.41) is 11.8. The number of carbonyl (C=O) groups is 3. The summed E-state index contributed by atoms with van der Waals surface area (Å²) in [6, 6.07) is 13.6. The number of carboxylic acids is 1.